The van der Waals surface area contributed by atoms with Gasteiger partial charge in [0.2, 0.25) is 0 Å². The summed E-state index contributed by atoms with van der Waals surface area (Å²) in [7, 11) is 0. The number of hydrogen-bond donors (Lipinski definition) is 2. The van der Waals surface area contributed by atoms with Gasteiger partial charge in [-0.25, -0.2) is 0 Å². The summed E-state index contributed by atoms with van der Waals surface area (Å²) in [5.41, 5.74) is -1.04. The average Bonchev–Trinajstić information content (AvgIpc) is 2.47. The van der Waals surface area contributed by atoms with E-state index >= 15 is 0 Å². The van der Waals surface area contributed by atoms with Crippen LogP contribution in [0.15, 0.2) is 0 Å². The molecule has 1 aliphatic rings. The first-order valence-corrected chi connectivity index (χ1v) is 4.76. The Labute approximate surface area is 89.8 Å². The highest BCUT2D eigenvalue weighted by Crippen LogP contribution is 2.38. The Hall–Kier alpha value is -1.27. The molecule has 1 saturated carbocycles. The van der Waals surface area contributed by atoms with E-state index in [0.717, 1.165) is 0 Å². The summed E-state index contributed by atoms with van der Waals surface area (Å²) in [5, 5.41) is 10.7. The number of amides is 1. The second-order valence-electron chi connectivity index (χ2n) is 4.28. The number of halogens is 3. The van der Waals surface area contributed by atoms with Crippen LogP contribution in [0.4, 0.5) is 13.2 Å². The van der Waals surface area contributed by atoms with E-state index in [2.05, 4.69) is 0 Å². The third kappa shape index (κ3) is 2.65. The molecule has 0 aliphatic heterocycles. The lowest BCUT2D eigenvalue weighted by molar-refractivity contribution is -0.174. The molecular weight excluding hydrogens is 227 g/mol. The first-order chi connectivity index (χ1) is 7.15. The van der Waals surface area contributed by atoms with Crippen LogP contribution in [0.25, 0.3) is 0 Å². The van der Waals surface area contributed by atoms with E-state index < -0.39 is 29.5 Å². The minimum Gasteiger partial charge on any atom is -0.481 e. The predicted molar refractivity (Wildman–Crippen MR) is 47.6 cm³/mol. The molecule has 1 fully saturated rings. The summed E-state index contributed by atoms with van der Waals surface area (Å²) in [6.45, 7) is 1.47. The maximum Gasteiger partial charge on any atom is 0.471 e. The second-order valence-corrected chi connectivity index (χ2v) is 4.28. The summed E-state index contributed by atoms with van der Waals surface area (Å²) in [5.74, 6) is -3.05. The smallest absolute Gasteiger partial charge is 0.471 e. The highest BCUT2D eigenvalue weighted by molar-refractivity contribution is 5.82. The van der Waals surface area contributed by atoms with Crippen molar-refractivity contribution in [2.75, 3.05) is 0 Å². The molecule has 1 amide bonds. The summed E-state index contributed by atoms with van der Waals surface area (Å²) >= 11 is 0. The zero-order chi connectivity index (χ0) is 12.6. The fourth-order valence-corrected chi connectivity index (χ4v) is 1.83. The quantitative estimate of drug-likeness (QED) is 0.763. The van der Waals surface area contributed by atoms with Gasteiger partial charge in [-0.05, 0) is 26.2 Å². The van der Waals surface area contributed by atoms with E-state index in [0.29, 0.717) is 0 Å². The van der Waals surface area contributed by atoms with Gasteiger partial charge in [0, 0.05) is 6.04 Å². The largest absolute Gasteiger partial charge is 0.481 e. The molecule has 0 unspecified atom stereocenters. The van der Waals surface area contributed by atoms with Crippen molar-refractivity contribution in [3.05, 3.63) is 0 Å². The molecule has 0 aromatic heterocycles. The van der Waals surface area contributed by atoms with Crippen LogP contribution in [-0.2, 0) is 9.59 Å². The monoisotopic (exact) mass is 239 g/mol. The van der Waals surface area contributed by atoms with Crippen LogP contribution in [0.1, 0.15) is 26.2 Å². The standard InChI is InChI=1S/C9H12F3NO3/c1-8(7(15)16)3-2-5(4-8)13-6(14)9(10,11)12/h5H,2-4H2,1H3,(H,13,14)(H,15,16)/t5-,8-/m0/s1. The maximum atomic E-state index is 11.9. The molecule has 0 saturated heterocycles. The number of nitrogens with one attached hydrogen (secondary N) is 1. The molecule has 16 heavy (non-hydrogen) atoms. The van der Waals surface area contributed by atoms with Gasteiger partial charge in [-0.3, -0.25) is 9.59 Å². The first-order valence-electron chi connectivity index (χ1n) is 4.76. The fraction of sp³-hybridized carbons (Fsp3) is 0.778. The van der Waals surface area contributed by atoms with Crippen LogP contribution in [0, 0.1) is 5.41 Å². The Balaban J connectivity index is 2.56. The van der Waals surface area contributed by atoms with Crippen LogP contribution >= 0.6 is 0 Å². The van der Waals surface area contributed by atoms with Gasteiger partial charge in [0.25, 0.3) is 0 Å². The molecule has 0 heterocycles. The van der Waals surface area contributed by atoms with Gasteiger partial charge in [0.05, 0.1) is 5.41 Å². The minimum absolute atomic E-state index is 0.0319. The Kier molecular flexibility index (Phi) is 3.16. The third-order valence-electron chi connectivity index (χ3n) is 2.85. The molecule has 7 heteroatoms. The van der Waals surface area contributed by atoms with Crippen LogP contribution in [-0.4, -0.2) is 29.2 Å². The summed E-state index contributed by atoms with van der Waals surface area (Å²) < 4.78 is 35.8. The molecular formula is C9H12F3NO3. The predicted octanol–water partition coefficient (Wildman–Crippen LogP) is 1.31. The van der Waals surface area contributed by atoms with Gasteiger partial charge in [-0.2, -0.15) is 13.2 Å². The SMILES string of the molecule is C[C@]1(C(=O)O)CC[C@H](NC(=O)C(F)(F)F)C1. The van der Waals surface area contributed by atoms with Crippen molar-refractivity contribution in [1.82, 2.24) is 5.32 Å². The number of aliphatic carboxylic acids is 1. The Morgan fingerprint density at radius 1 is 1.44 bits per heavy atom. The number of hydrogen-bond acceptors (Lipinski definition) is 2. The fourth-order valence-electron chi connectivity index (χ4n) is 1.83. The van der Waals surface area contributed by atoms with Gasteiger partial charge < -0.3 is 10.4 Å². The van der Waals surface area contributed by atoms with E-state index in [1.54, 1.807) is 5.32 Å². The zero-order valence-electron chi connectivity index (χ0n) is 8.60. The molecule has 92 valence electrons. The van der Waals surface area contributed by atoms with Crippen LogP contribution in [0.3, 0.4) is 0 Å². The zero-order valence-corrected chi connectivity index (χ0v) is 8.60. The molecule has 0 aromatic rings. The Morgan fingerprint density at radius 2 is 2.00 bits per heavy atom. The van der Waals surface area contributed by atoms with E-state index in [1.165, 1.54) is 6.92 Å². The van der Waals surface area contributed by atoms with Crippen molar-refractivity contribution in [2.24, 2.45) is 5.41 Å². The van der Waals surface area contributed by atoms with Gasteiger partial charge >= 0.3 is 18.1 Å². The molecule has 4 nitrogen and oxygen atoms in total. The number of carboxylic acids is 1. The Bertz CT molecular complexity index is 316. The molecule has 1 aliphatic carbocycles. The average molecular weight is 239 g/mol. The molecule has 0 spiro atoms. The molecule has 0 aromatic carbocycles. The Morgan fingerprint density at radius 3 is 2.38 bits per heavy atom. The van der Waals surface area contributed by atoms with Crippen molar-refractivity contribution < 1.29 is 27.9 Å². The van der Waals surface area contributed by atoms with Crippen LogP contribution in [0.2, 0.25) is 0 Å². The topological polar surface area (TPSA) is 66.4 Å². The maximum absolute atomic E-state index is 11.9. The second kappa shape index (κ2) is 3.95. The molecule has 0 radical (unpaired) electrons. The van der Waals surface area contributed by atoms with Crippen LogP contribution < -0.4 is 5.32 Å². The van der Waals surface area contributed by atoms with Gasteiger partial charge in [0.1, 0.15) is 0 Å². The summed E-state index contributed by atoms with van der Waals surface area (Å²) in [6.07, 6.45) is -4.36. The number of alkyl halides is 3. The summed E-state index contributed by atoms with van der Waals surface area (Å²) in [4.78, 5) is 21.4. The van der Waals surface area contributed by atoms with E-state index in [4.69, 9.17) is 5.11 Å². The van der Waals surface area contributed by atoms with E-state index in [-0.39, 0.29) is 19.3 Å². The molecule has 1 rings (SSSR count). The summed E-state index contributed by atoms with van der Waals surface area (Å²) in [6, 6.07) is -0.713. The molecule has 0 bridgehead atoms. The third-order valence-corrected chi connectivity index (χ3v) is 2.85. The van der Waals surface area contributed by atoms with Gasteiger partial charge in [-0.1, -0.05) is 0 Å². The van der Waals surface area contributed by atoms with E-state index in [1.807, 2.05) is 0 Å². The molecule has 2 N–H and O–H groups in total. The number of carbonyl (C=O) groups is 2. The van der Waals surface area contributed by atoms with Gasteiger partial charge in [0.15, 0.2) is 0 Å². The van der Waals surface area contributed by atoms with Crippen molar-refractivity contribution in [1.29, 1.82) is 0 Å². The van der Waals surface area contributed by atoms with Crippen LogP contribution in [0.5, 0.6) is 0 Å². The normalized spacial score (nSPS) is 30.1. The van der Waals surface area contributed by atoms with Crippen molar-refractivity contribution in [2.45, 2.75) is 38.4 Å². The lowest BCUT2D eigenvalue weighted by Gasteiger charge is -2.18. The van der Waals surface area contributed by atoms with Crippen molar-refractivity contribution >= 4 is 11.9 Å². The number of carbonyl (C=O) groups excluding carboxylic acids is 1. The lowest BCUT2D eigenvalue weighted by Crippen LogP contribution is -2.42. The lowest BCUT2D eigenvalue weighted by atomic mass is 9.89. The van der Waals surface area contributed by atoms with E-state index in [9.17, 15) is 22.8 Å². The number of carboxylic acid groups (broad SMARTS) is 1. The highest BCUT2D eigenvalue weighted by Gasteiger charge is 2.45. The first kappa shape index (κ1) is 12.8. The highest BCUT2D eigenvalue weighted by atomic mass is 19.4. The van der Waals surface area contributed by atoms with Gasteiger partial charge in [-0.15, -0.1) is 0 Å². The van der Waals surface area contributed by atoms with Crippen molar-refractivity contribution in [3.63, 3.8) is 0 Å². The molecule has 2 atom stereocenters. The minimum atomic E-state index is -4.91. The van der Waals surface area contributed by atoms with Crippen molar-refractivity contribution in [3.8, 4) is 0 Å². The number of rotatable bonds is 2.